The molecule has 1 aliphatic rings. The van der Waals surface area contributed by atoms with Crippen molar-refractivity contribution in [2.75, 3.05) is 18.0 Å². The van der Waals surface area contributed by atoms with Crippen LogP contribution in [0.5, 0.6) is 11.8 Å². The summed E-state index contributed by atoms with van der Waals surface area (Å²) in [5.74, 6) is -0.0736. The van der Waals surface area contributed by atoms with Crippen LogP contribution in [-0.4, -0.2) is 49.6 Å². The van der Waals surface area contributed by atoms with Crippen molar-refractivity contribution in [2.24, 2.45) is 7.05 Å². The molecular formula is C34H34N4O5. The van der Waals surface area contributed by atoms with Crippen LogP contribution in [0.15, 0.2) is 91.0 Å². The van der Waals surface area contributed by atoms with Gasteiger partial charge in [-0.1, -0.05) is 60.7 Å². The van der Waals surface area contributed by atoms with Gasteiger partial charge in [0.15, 0.2) is 0 Å². The summed E-state index contributed by atoms with van der Waals surface area (Å²) >= 11 is 0. The molecule has 0 atom stereocenters. The zero-order valence-corrected chi connectivity index (χ0v) is 24.0. The Bertz CT molecular complexity index is 1710. The smallest absolute Gasteiger partial charge is 0.306 e. The number of rotatable bonds is 10. The molecule has 5 aromatic rings. The van der Waals surface area contributed by atoms with Gasteiger partial charge in [0, 0.05) is 37.3 Å². The fourth-order valence-corrected chi connectivity index (χ4v) is 5.53. The number of nitrogens with zero attached hydrogens (tertiary/aromatic N) is 4. The summed E-state index contributed by atoms with van der Waals surface area (Å²) in [6.07, 6.45) is 0.574. The molecule has 43 heavy (non-hydrogen) atoms. The first-order valence-corrected chi connectivity index (χ1v) is 14.4. The third kappa shape index (κ3) is 6.47. The van der Waals surface area contributed by atoms with E-state index in [-0.39, 0.29) is 6.42 Å². The monoisotopic (exact) mass is 578 g/mol. The van der Waals surface area contributed by atoms with E-state index in [1.165, 1.54) is 0 Å². The molecule has 0 spiro atoms. The number of benzene rings is 3. The van der Waals surface area contributed by atoms with Crippen LogP contribution in [0.2, 0.25) is 0 Å². The number of anilines is 1. The molecule has 2 N–H and O–H groups in total. The first-order valence-electron chi connectivity index (χ1n) is 14.4. The summed E-state index contributed by atoms with van der Waals surface area (Å²) in [5.41, 5.74) is 4.37. The second-order valence-corrected chi connectivity index (χ2v) is 11.0. The van der Waals surface area contributed by atoms with Gasteiger partial charge in [0.2, 0.25) is 11.8 Å². The minimum Gasteiger partial charge on any atom is -0.481 e. The quantitative estimate of drug-likeness (QED) is 0.220. The topological polar surface area (TPSA) is 110 Å². The number of fused-ring (bicyclic) bond motifs is 1. The number of aryl methyl sites for hydroxylation is 1. The van der Waals surface area contributed by atoms with Crippen molar-refractivity contribution < 1.29 is 24.5 Å². The third-order valence-electron chi connectivity index (χ3n) is 7.91. The number of hydrogen-bond acceptors (Lipinski definition) is 7. The molecule has 0 unspecified atom stereocenters. The van der Waals surface area contributed by atoms with Crippen molar-refractivity contribution in [1.82, 2.24) is 14.8 Å². The Kier molecular flexibility index (Phi) is 7.98. The number of aliphatic carboxylic acids is 1. The second-order valence-electron chi connectivity index (χ2n) is 11.0. The standard InChI is InChI=1S/C34H34N4O5/c1-37-29-20-26(38-18-16-34(41,17-19-38)21-31(39)40)12-13-27(29)32(36-37)28-14-15-30(42-22-24-8-4-2-5-9-24)35-33(28)43-23-25-10-6-3-7-11-25/h2-15,20,41H,16-19,21-23H2,1H3,(H,39,40). The van der Waals surface area contributed by atoms with Crippen molar-refractivity contribution in [1.29, 1.82) is 0 Å². The predicted octanol–water partition coefficient (Wildman–Crippen LogP) is 5.60. The number of carboxylic acids is 1. The Labute approximate surface area is 249 Å². The molecular weight excluding hydrogens is 544 g/mol. The van der Waals surface area contributed by atoms with Crippen molar-refractivity contribution in [3.63, 3.8) is 0 Å². The zero-order valence-electron chi connectivity index (χ0n) is 24.0. The number of aromatic nitrogens is 3. The summed E-state index contributed by atoms with van der Waals surface area (Å²) in [4.78, 5) is 18.1. The summed E-state index contributed by atoms with van der Waals surface area (Å²) < 4.78 is 14.1. The van der Waals surface area contributed by atoms with Crippen molar-refractivity contribution in [3.8, 4) is 23.0 Å². The predicted molar refractivity (Wildman–Crippen MR) is 164 cm³/mol. The van der Waals surface area contributed by atoms with Crippen LogP contribution in [0.1, 0.15) is 30.4 Å². The van der Waals surface area contributed by atoms with Crippen LogP contribution in [-0.2, 0) is 25.1 Å². The van der Waals surface area contributed by atoms with Crippen molar-refractivity contribution in [2.45, 2.75) is 38.1 Å². The van der Waals surface area contributed by atoms with Crippen LogP contribution in [0, 0.1) is 0 Å². The van der Waals surface area contributed by atoms with E-state index in [2.05, 4.69) is 11.0 Å². The zero-order chi connectivity index (χ0) is 29.8. The van der Waals surface area contributed by atoms with E-state index >= 15 is 0 Å². The van der Waals surface area contributed by atoms with Crippen molar-refractivity contribution >= 4 is 22.6 Å². The summed E-state index contributed by atoms with van der Waals surface area (Å²) in [5, 5.41) is 25.6. The van der Waals surface area contributed by atoms with Crippen LogP contribution >= 0.6 is 0 Å². The van der Waals surface area contributed by atoms with E-state index in [0.717, 1.165) is 39.0 Å². The van der Waals surface area contributed by atoms with Gasteiger partial charge in [0.25, 0.3) is 0 Å². The third-order valence-corrected chi connectivity index (χ3v) is 7.91. The average molecular weight is 579 g/mol. The first-order chi connectivity index (χ1) is 20.9. The number of ether oxygens (including phenoxy) is 2. The molecule has 3 heterocycles. The summed E-state index contributed by atoms with van der Waals surface area (Å²) in [6, 6.07) is 29.9. The lowest BCUT2D eigenvalue weighted by molar-refractivity contribution is -0.143. The second kappa shape index (κ2) is 12.1. The molecule has 1 saturated heterocycles. The molecule has 9 heteroatoms. The number of carbonyl (C=O) groups is 1. The Hall–Kier alpha value is -4.89. The molecule has 6 rings (SSSR count). The van der Waals surface area contributed by atoms with E-state index < -0.39 is 11.6 Å². The van der Waals surface area contributed by atoms with Crippen LogP contribution in [0.4, 0.5) is 5.69 Å². The van der Waals surface area contributed by atoms with E-state index in [1.54, 1.807) is 0 Å². The maximum atomic E-state index is 11.2. The maximum absolute atomic E-state index is 11.2. The molecule has 0 aliphatic carbocycles. The Balaban J connectivity index is 1.28. The molecule has 0 saturated carbocycles. The number of carboxylic acid groups (broad SMARTS) is 1. The summed E-state index contributed by atoms with van der Waals surface area (Å²) in [6.45, 7) is 1.89. The minimum atomic E-state index is -1.16. The molecule has 0 radical (unpaired) electrons. The Morgan fingerprint density at radius 1 is 0.884 bits per heavy atom. The largest absolute Gasteiger partial charge is 0.481 e. The first kappa shape index (κ1) is 28.2. The number of hydrogen-bond donors (Lipinski definition) is 2. The molecule has 1 aliphatic heterocycles. The highest BCUT2D eigenvalue weighted by molar-refractivity contribution is 5.96. The number of aliphatic hydroxyl groups is 1. The van der Waals surface area contributed by atoms with Crippen molar-refractivity contribution in [3.05, 3.63) is 102 Å². The molecule has 9 nitrogen and oxygen atoms in total. The van der Waals surface area contributed by atoms with Gasteiger partial charge in [-0.2, -0.15) is 10.1 Å². The fraction of sp³-hybridized carbons (Fsp3) is 0.265. The van der Waals surface area contributed by atoms with Gasteiger partial charge >= 0.3 is 5.97 Å². The number of pyridine rings is 1. The highest BCUT2D eigenvalue weighted by Gasteiger charge is 2.34. The maximum Gasteiger partial charge on any atom is 0.306 e. The van der Waals surface area contributed by atoms with Gasteiger partial charge in [0.1, 0.15) is 18.9 Å². The molecule has 0 amide bonds. The summed E-state index contributed by atoms with van der Waals surface area (Å²) in [7, 11) is 1.91. The molecule has 220 valence electrons. The van der Waals surface area contributed by atoms with E-state index in [1.807, 2.05) is 96.7 Å². The van der Waals surface area contributed by atoms with Crippen LogP contribution in [0.25, 0.3) is 22.2 Å². The van der Waals surface area contributed by atoms with E-state index in [0.29, 0.717) is 50.9 Å². The Morgan fingerprint density at radius 3 is 2.19 bits per heavy atom. The highest BCUT2D eigenvalue weighted by atomic mass is 16.5. The van der Waals surface area contributed by atoms with Gasteiger partial charge in [0.05, 0.1) is 23.1 Å². The highest BCUT2D eigenvalue weighted by Crippen LogP contribution is 2.37. The SMILES string of the molecule is Cn1nc(-c2ccc(OCc3ccccc3)nc2OCc2ccccc2)c2ccc(N3CCC(O)(CC(=O)O)CC3)cc21. The molecule has 0 bridgehead atoms. The van der Waals surface area contributed by atoms with Gasteiger partial charge < -0.3 is 24.6 Å². The van der Waals surface area contributed by atoms with Gasteiger partial charge in [-0.3, -0.25) is 9.48 Å². The normalized spacial score (nSPS) is 14.5. The molecule has 3 aromatic carbocycles. The molecule has 2 aromatic heterocycles. The number of piperidine rings is 1. The van der Waals surface area contributed by atoms with E-state index in [4.69, 9.17) is 24.7 Å². The van der Waals surface area contributed by atoms with Gasteiger partial charge in [-0.15, -0.1) is 0 Å². The lowest BCUT2D eigenvalue weighted by Gasteiger charge is -2.38. The van der Waals surface area contributed by atoms with Gasteiger partial charge in [-0.05, 0) is 48.2 Å². The van der Waals surface area contributed by atoms with Crippen LogP contribution < -0.4 is 14.4 Å². The Morgan fingerprint density at radius 2 is 1.53 bits per heavy atom. The fourth-order valence-electron chi connectivity index (χ4n) is 5.53. The van der Waals surface area contributed by atoms with E-state index in [9.17, 15) is 9.90 Å². The molecule has 1 fully saturated rings. The lowest BCUT2D eigenvalue weighted by atomic mass is 9.88. The van der Waals surface area contributed by atoms with Crippen LogP contribution in [0.3, 0.4) is 0 Å². The van der Waals surface area contributed by atoms with Gasteiger partial charge in [-0.25, -0.2) is 0 Å². The average Bonchev–Trinajstić information content (AvgIpc) is 3.35. The lowest BCUT2D eigenvalue weighted by Crippen LogP contribution is -2.45. The minimum absolute atomic E-state index is 0.232.